The van der Waals surface area contributed by atoms with Crippen molar-refractivity contribution in [3.63, 3.8) is 0 Å². The number of hydrogen-bond donors (Lipinski definition) is 3. The maximum atomic E-state index is 6.57. The fourth-order valence-corrected chi connectivity index (χ4v) is 9.65. The van der Waals surface area contributed by atoms with Crippen LogP contribution >= 0.6 is 0 Å². The van der Waals surface area contributed by atoms with Crippen LogP contribution in [0.2, 0.25) is 0 Å². The lowest BCUT2D eigenvalue weighted by atomic mass is 9.86. The van der Waals surface area contributed by atoms with E-state index in [9.17, 15) is 0 Å². The van der Waals surface area contributed by atoms with Crippen molar-refractivity contribution in [2.24, 2.45) is 0 Å². The van der Waals surface area contributed by atoms with Gasteiger partial charge in [-0.1, -0.05) is 146 Å². The standard InChI is InChI=1S/C51H44N4O/c1-3-14-33(15-4-1)35-18-11-19-37(30-35)50-52-49(34-16-5-2-6-17-34)53-51(54-50)38-20-12-21-39(31-38)55-45-26-9-7-22-41(45)44-32-36(28-29-46(44)55)40-24-13-25-43-42-23-8-10-27-47(42)56-48(40)43/h1-5,7-9,11-16,18-26,28-32,44,46,49-54H,6,10,17,27H2/p+1. The fourth-order valence-electron chi connectivity index (χ4n) is 9.65. The fraction of sp³-hybridized carbons (Fsp3) is 0.176. The molecular formula is C51H45N4O+. The second-order valence-electron chi connectivity index (χ2n) is 15.7. The number of quaternary nitrogens is 1. The van der Waals surface area contributed by atoms with Gasteiger partial charge < -0.3 is 14.6 Å². The molecular weight excluding hydrogens is 685 g/mol. The lowest BCUT2D eigenvalue weighted by Gasteiger charge is -2.38. The zero-order valence-corrected chi connectivity index (χ0v) is 31.3. The predicted molar refractivity (Wildman–Crippen MR) is 228 cm³/mol. The van der Waals surface area contributed by atoms with Crippen LogP contribution in [0.1, 0.15) is 71.1 Å². The van der Waals surface area contributed by atoms with E-state index in [1.54, 1.807) is 0 Å². The minimum absolute atomic E-state index is 0.0176. The van der Waals surface area contributed by atoms with Crippen LogP contribution in [0.25, 0.3) is 33.7 Å². The average molecular weight is 730 g/mol. The molecule has 1 aromatic heterocycles. The molecule has 1 saturated heterocycles. The molecule has 5 aromatic carbocycles. The molecule has 3 aliphatic carbocycles. The second kappa shape index (κ2) is 13.9. The van der Waals surface area contributed by atoms with E-state index < -0.39 is 0 Å². The topological polar surface area (TPSA) is 57.0 Å². The van der Waals surface area contributed by atoms with Gasteiger partial charge in [-0.25, -0.2) is 10.6 Å². The van der Waals surface area contributed by atoms with E-state index in [1.807, 2.05) is 0 Å². The summed E-state index contributed by atoms with van der Waals surface area (Å²) in [6.07, 6.45) is 22.8. The Morgan fingerprint density at radius 1 is 0.696 bits per heavy atom. The Balaban J connectivity index is 0.931. The van der Waals surface area contributed by atoms with Crippen molar-refractivity contribution in [2.75, 3.05) is 4.90 Å². The third-order valence-corrected chi connectivity index (χ3v) is 12.4. The van der Waals surface area contributed by atoms with Crippen molar-refractivity contribution in [1.82, 2.24) is 10.6 Å². The maximum absolute atomic E-state index is 6.57. The zero-order chi connectivity index (χ0) is 37.0. The van der Waals surface area contributed by atoms with Gasteiger partial charge in [-0.15, -0.1) is 0 Å². The van der Waals surface area contributed by atoms with Gasteiger partial charge in [-0.05, 0) is 71.4 Å². The summed E-state index contributed by atoms with van der Waals surface area (Å²) in [5.41, 5.74) is 14.9. The summed E-state index contributed by atoms with van der Waals surface area (Å²) < 4.78 is 6.57. The first-order chi connectivity index (χ1) is 27.7. The minimum atomic E-state index is -0.0176. The van der Waals surface area contributed by atoms with Gasteiger partial charge in [-0.2, -0.15) is 0 Å². The largest absolute Gasteiger partial charge is 0.460 e. The summed E-state index contributed by atoms with van der Waals surface area (Å²) in [5.74, 6) is 1.33. The molecule has 5 heteroatoms. The molecule has 0 saturated carbocycles. The Kier molecular flexibility index (Phi) is 8.31. The molecule has 0 bridgehead atoms. The van der Waals surface area contributed by atoms with Gasteiger partial charge in [0.25, 0.3) is 0 Å². The molecule has 11 rings (SSSR count). The Bertz CT molecular complexity index is 2630. The van der Waals surface area contributed by atoms with E-state index in [0.717, 1.165) is 37.0 Å². The summed E-state index contributed by atoms with van der Waals surface area (Å²) in [5, 5.41) is 11.7. The van der Waals surface area contributed by atoms with Crippen LogP contribution in [-0.4, -0.2) is 12.2 Å². The van der Waals surface area contributed by atoms with Crippen molar-refractivity contribution in [3.8, 4) is 11.1 Å². The molecule has 5 unspecified atom stereocenters. The zero-order valence-electron chi connectivity index (χ0n) is 31.3. The molecule has 0 amide bonds. The monoisotopic (exact) mass is 729 g/mol. The summed E-state index contributed by atoms with van der Waals surface area (Å²) in [6, 6.07) is 44.6. The summed E-state index contributed by atoms with van der Waals surface area (Å²) in [4.78, 5) is 2.55. The second-order valence-corrected chi connectivity index (χ2v) is 15.7. The SMILES string of the molecule is C1=CCCC(C2NC(c3cccc(-c4ccccc4)c3)NC(c3cccc(N4c5ccccc5C5C=C(c6cccc7c8c(oc67)CCC=C8)C=CC54)c3)[NH2+]2)=C1. The van der Waals surface area contributed by atoms with Gasteiger partial charge in [0.05, 0.1) is 12.2 Å². The highest BCUT2D eigenvalue weighted by molar-refractivity contribution is 5.98. The summed E-state index contributed by atoms with van der Waals surface area (Å²) in [7, 11) is 0. The first kappa shape index (κ1) is 33.4. The van der Waals surface area contributed by atoms with Crippen molar-refractivity contribution in [2.45, 2.75) is 56.1 Å². The number of para-hydroxylation sites is 2. The Hall–Kier alpha value is -5.98. The van der Waals surface area contributed by atoms with Gasteiger partial charge in [0, 0.05) is 51.4 Å². The van der Waals surface area contributed by atoms with Crippen LogP contribution in [0.5, 0.6) is 0 Å². The predicted octanol–water partition coefficient (Wildman–Crippen LogP) is 10.4. The summed E-state index contributed by atoms with van der Waals surface area (Å²) >= 11 is 0. The first-order valence-corrected chi connectivity index (χ1v) is 20.2. The number of aryl methyl sites for hydroxylation is 1. The highest BCUT2D eigenvalue weighted by atomic mass is 16.3. The van der Waals surface area contributed by atoms with E-state index in [2.05, 4.69) is 191 Å². The lowest BCUT2D eigenvalue weighted by Crippen LogP contribution is -2.99. The molecule has 0 spiro atoms. The van der Waals surface area contributed by atoms with Gasteiger partial charge in [0.15, 0.2) is 12.3 Å². The Labute approximate surface area is 328 Å². The number of nitrogens with two attached hydrogens (primary N) is 1. The maximum Gasteiger partial charge on any atom is 0.169 e. The van der Waals surface area contributed by atoms with Crippen molar-refractivity contribution >= 4 is 34.0 Å². The minimum Gasteiger partial charge on any atom is -0.460 e. The number of nitrogens with one attached hydrogen (secondary N) is 2. The molecule has 1 fully saturated rings. The van der Waals surface area contributed by atoms with Crippen LogP contribution in [0, 0.1) is 0 Å². The highest BCUT2D eigenvalue weighted by Crippen LogP contribution is 2.50. The van der Waals surface area contributed by atoms with Gasteiger partial charge in [-0.3, -0.25) is 0 Å². The van der Waals surface area contributed by atoms with Crippen LogP contribution in [0.15, 0.2) is 174 Å². The molecule has 56 heavy (non-hydrogen) atoms. The number of fused-ring (bicyclic) bond motifs is 6. The number of hydrogen-bond acceptors (Lipinski definition) is 4. The molecule has 3 heterocycles. The van der Waals surface area contributed by atoms with Gasteiger partial charge in [0.2, 0.25) is 0 Å². The van der Waals surface area contributed by atoms with Crippen molar-refractivity contribution in [1.29, 1.82) is 0 Å². The highest BCUT2D eigenvalue weighted by Gasteiger charge is 2.40. The smallest absolute Gasteiger partial charge is 0.169 e. The average Bonchev–Trinajstić information content (AvgIpc) is 3.83. The normalized spacial score (nSPS) is 23.7. The van der Waals surface area contributed by atoms with E-state index in [4.69, 9.17) is 4.42 Å². The number of nitrogens with zero attached hydrogens (tertiary/aromatic N) is 1. The van der Waals surface area contributed by atoms with E-state index in [0.29, 0.717) is 0 Å². The third kappa shape index (κ3) is 5.82. The molecule has 6 aromatic rings. The Morgan fingerprint density at radius 2 is 1.52 bits per heavy atom. The Morgan fingerprint density at radius 3 is 2.45 bits per heavy atom. The molecule has 5 atom stereocenters. The molecule has 2 aliphatic heterocycles. The van der Waals surface area contributed by atoms with E-state index in [-0.39, 0.29) is 30.5 Å². The number of allylic oxidation sites excluding steroid dienone is 6. The molecule has 5 aliphatic rings. The molecule has 0 radical (unpaired) electrons. The number of anilines is 2. The van der Waals surface area contributed by atoms with Gasteiger partial charge >= 0.3 is 0 Å². The lowest BCUT2D eigenvalue weighted by molar-refractivity contribution is -0.741. The van der Waals surface area contributed by atoms with Crippen LogP contribution in [0.4, 0.5) is 11.4 Å². The molecule has 274 valence electrons. The van der Waals surface area contributed by atoms with Crippen molar-refractivity contribution < 1.29 is 9.73 Å². The van der Waals surface area contributed by atoms with Gasteiger partial charge in [0.1, 0.15) is 11.3 Å². The quantitative estimate of drug-likeness (QED) is 0.160. The van der Waals surface area contributed by atoms with E-state index in [1.165, 1.54) is 66.9 Å². The van der Waals surface area contributed by atoms with Crippen LogP contribution in [0.3, 0.4) is 0 Å². The first-order valence-electron chi connectivity index (χ1n) is 20.2. The van der Waals surface area contributed by atoms with Crippen LogP contribution in [-0.2, 0) is 6.42 Å². The molecule has 4 N–H and O–H groups in total. The number of rotatable bonds is 6. The molecule has 5 nitrogen and oxygen atoms in total. The van der Waals surface area contributed by atoms with Crippen molar-refractivity contribution in [3.05, 3.63) is 203 Å². The summed E-state index contributed by atoms with van der Waals surface area (Å²) in [6.45, 7) is 0. The number of furan rings is 1. The third-order valence-electron chi connectivity index (χ3n) is 12.4. The number of benzene rings is 5. The van der Waals surface area contributed by atoms with Crippen LogP contribution < -0.4 is 20.9 Å². The van der Waals surface area contributed by atoms with E-state index >= 15 is 0 Å².